The zero-order valence-electron chi connectivity index (χ0n) is 9.04. The first kappa shape index (κ1) is 11.5. The lowest BCUT2D eigenvalue weighted by Gasteiger charge is -2.00. The van der Waals surface area contributed by atoms with Crippen LogP contribution in [0.3, 0.4) is 0 Å². The first-order valence-corrected chi connectivity index (χ1v) is 5.81. The van der Waals surface area contributed by atoms with Crippen LogP contribution < -0.4 is 5.32 Å². The van der Waals surface area contributed by atoms with E-state index in [4.69, 9.17) is 0 Å². The van der Waals surface area contributed by atoms with E-state index in [2.05, 4.69) is 30.5 Å². The number of thioether (sulfide) groups is 1. The van der Waals surface area contributed by atoms with Crippen LogP contribution in [-0.4, -0.2) is 36.8 Å². The van der Waals surface area contributed by atoms with Crippen LogP contribution in [0.15, 0.2) is 23.6 Å². The molecule has 2 rings (SSSR count). The van der Waals surface area contributed by atoms with E-state index < -0.39 is 0 Å². The van der Waals surface area contributed by atoms with Crippen molar-refractivity contribution in [2.45, 2.75) is 12.1 Å². The number of nitrogens with zero attached hydrogens (tertiary/aromatic N) is 4. The number of rotatable bonds is 4. The van der Waals surface area contributed by atoms with Crippen molar-refractivity contribution in [2.24, 2.45) is 0 Å². The average Bonchev–Trinajstić information content (AvgIpc) is 2.74. The lowest BCUT2D eigenvalue weighted by atomic mass is 10.6. The highest BCUT2D eigenvalue weighted by atomic mass is 32.2. The molecule has 0 unspecified atom stereocenters. The van der Waals surface area contributed by atoms with Crippen molar-refractivity contribution in [2.75, 3.05) is 11.1 Å². The summed E-state index contributed by atoms with van der Waals surface area (Å²) in [4.78, 5) is 23.4. The molecule has 0 atom stereocenters. The molecule has 2 heterocycles. The van der Waals surface area contributed by atoms with E-state index in [0.717, 1.165) is 5.82 Å². The van der Waals surface area contributed by atoms with Crippen LogP contribution in [0.1, 0.15) is 5.82 Å². The molecule has 0 bridgehead atoms. The van der Waals surface area contributed by atoms with Gasteiger partial charge >= 0.3 is 0 Å². The van der Waals surface area contributed by atoms with Crippen LogP contribution in [0.4, 0.5) is 5.95 Å². The van der Waals surface area contributed by atoms with Gasteiger partial charge in [0.25, 0.3) is 0 Å². The minimum atomic E-state index is -0.191. The number of carbonyl (C=O) groups is 1. The van der Waals surface area contributed by atoms with Gasteiger partial charge < -0.3 is 0 Å². The molecule has 0 aliphatic carbocycles. The number of H-pyrrole nitrogens is 1. The van der Waals surface area contributed by atoms with Gasteiger partial charge in [-0.2, -0.15) is 0 Å². The summed E-state index contributed by atoms with van der Waals surface area (Å²) in [5.74, 6) is 1.04. The average molecular weight is 250 g/mol. The summed E-state index contributed by atoms with van der Waals surface area (Å²) >= 11 is 1.25. The molecule has 0 aromatic carbocycles. The second kappa shape index (κ2) is 5.39. The lowest BCUT2D eigenvalue weighted by molar-refractivity contribution is -0.113. The predicted octanol–water partition coefficient (Wildman–Crippen LogP) is 0.634. The molecule has 1 amide bonds. The summed E-state index contributed by atoms with van der Waals surface area (Å²) in [5.41, 5.74) is 0. The molecule has 0 radical (unpaired) electrons. The zero-order chi connectivity index (χ0) is 12.1. The van der Waals surface area contributed by atoms with Gasteiger partial charge in [-0.25, -0.2) is 15.0 Å². The fourth-order valence-corrected chi connectivity index (χ4v) is 1.69. The number of aromatic nitrogens is 5. The van der Waals surface area contributed by atoms with E-state index in [1.165, 1.54) is 11.8 Å². The van der Waals surface area contributed by atoms with Gasteiger partial charge in [0.2, 0.25) is 17.0 Å². The monoisotopic (exact) mass is 250 g/mol. The third-order valence-electron chi connectivity index (χ3n) is 1.73. The largest absolute Gasteiger partial charge is 0.294 e. The lowest BCUT2D eigenvalue weighted by Crippen LogP contribution is -2.15. The maximum Gasteiger partial charge on any atom is 0.237 e. The molecule has 0 aliphatic rings. The summed E-state index contributed by atoms with van der Waals surface area (Å²) in [6.45, 7) is 1.80. The number of nitrogens with one attached hydrogen (secondary N) is 2. The fraction of sp³-hybridized carbons (Fsp3) is 0.222. The number of aryl methyl sites for hydroxylation is 1. The molecule has 17 heavy (non-hydrogen) atoms. The van der Waals surface area contributed by atoms with Crippen molar-refractivity contribution in [1.29, 1.82) is 0 Å². The number of carbonyl (C=O) groups excluding carboxylic acids is 1. The second-order valence-electron chi connectivity index (χ2n) is 3.11. The standard InChI is InChI=1S/C9H10N6OS/c1-6-12-9(15-14-6)17-5-7(16)13-8-10-3-2-4-11-8/h2-4H,5H2,1H3,(H,12,14,15)(H,10,11,13,16). The minimum absolute atomic E-state index is 0.191. The summed E-state index contributed by atoms with van der Waals surface area (Å²) in [5, 5.41) is 9.73. The summed E-state index contributed by atoms with van der Waals surface area (Å²) in [6.07, 6.45) is 3.13. The van der Waals surface area contributed by atoms with Gasteiger partial charge in [-0.05, 0) is 13.0 Å². The Bertz CT molecular complexity index is 499. The van der Waals surface area contributed by atoms with Gasteiger partial charge in [0.05, 0.1) is 5.75 Å². The van der Waals surface area contributed by atoms with Crippen molar-refractivity contribution in [3.05, 3.63) is 24.3 Å². The third-order valence-corrected chi connectivity index (χ3v) is 2.57. The van der Waals surface area contributed by atoms with Crippen LogP contribution in [0.2, 0.25) is 0 Å². The summed E-state index contributed by atoms with van der Waals surface area (Å²) < 4.78 is 0. The highest BCUT2D eigenvalue weighted by molar-refractivity contribution is 7.99. The molecule has 0 spiro atoms. The third kappa shape index (κ3) is 3.52. The van der Waals surface area contributed by atoms with E-state index in [-0.39, 0.29) is 11.7 Å². The van der Waals surface area contributed by atoms with Crippen LogP contribution >= 0.6 is 11.8 Å². The normalized spacial score (nSPS) is 10.2. The molecule has 2 N–H and O–H groups in total. The number of anilines is 1. The Balaban J connectivity index is 1.82. The molecule has 7 nitrogen and oxygen atoms in total. The van der Waals surface area contributed by atoms with Crippen molar-refractivity contribution >= 4 is 23.6 Å². The topological polar surface area (TPSA) is 96.5 Å². The van der Waals surface area contributed by atoms with E-state index in [0.29, 0.717) is 11.1 Å². The Kier molecular flexibility index (Phi) is 3.66. The smallest absolute Gasteiger partial charge is 0.237 e. The highest BCUT2D eigenvalue weighted by Crippen LogP contribution is 2.11. The number of hydrogen-bond donors (Lipinski definition) is 2. The molecule has 0 saturated carbocycles. The van der Waals surface area contributed by atoms with Gasteiger partial charge in [-0.1, -0.05) is 11.8 Å². The molecule has 0 aliphatic heterocycles. The Morgan fingerprint density at radius 3 is 2.88 bits per heavy atom. The Hall–Kier alpha value is -1.96. The quantitative estimate of drug-likeness (QED) is 0.773. The Labute approximate surface area is 101 Å². The van der Waals surface area contributed by atoms with Crippen LogP contribution in [0.25, 0.3) is 0 Å². The van der Waals surface area contributed by atoms with Gasteiger partial charge in [0.1, 0.15) is 5.82 Å². The SMILES string of the molecule is Cc1nc(SCC(=O)Nc2ncccn2)n[nH]1. The van der Waals surface area contributed by atoms with Gasteiger partial charge in [0.15, 0.2) is 0 Å². The first-order chi connectivity index (χ1) is 8.24. The van der Waals surface area contributed by atoms with Crippen LogP contribution in [0, 0.1) is 6.92 Å². The number of hydrogen-bond acceptors (Lipinski definition) is 6. The van der Waals surface area contributed by atoms with Crippen molar-refractivity contribution in [1.82, 2.24) is 25.1 Å². The summed E-state index contributed by atoms with van der Waals surface area (Å²) in [7, 11) is 0. The molecule has 2 aromatic rings. The summed E-state index contributed by atoms with van der Waals surface area (Å²) in [6, 6.07) is 1.68. The maximum absolute atomic E-state index is 11.5. The second-order valence-corrected chi connectivity index (χ2v) is 4.06. The van der Waals surface area contributed by atoms with E-state index in [9.17, 15) is 4.79 Å². The molecule has 88 valence electrons. The zero-order valence-corrected chi connectivity index (χ0v) is 9.86. The van der Waals surface area contributed by atoms with Crippen molar-refractivity contribution < 1.29 is 4.79 Å². The molecule has 2 aromatic heterocycles. The fourth-order valence-electron chi connectivity index (χ4n) is 1.04. The number of aromatic amines is 1. The molecule has 0 saturated heterocycles. The van der Waals surface area contributed by atoms with Crippen molar-refractivity contribution in [3.8, 4) is 0 Å². The predicted molar refractivity (Wildman–Crippen MR) is 62.5 cm³/mol. The van der Waals surface area contributed by atoms with E-state index in [1.807, 2.05) is 0 Å². The van der Waals surface area contributed by atoms with Gasteiger partial charge in [-0.3, -0.25) is 15.2 Å². The Morgan fingerprint density at radius 1 is 1.47 bits per heavy atom. The molecule has 8 heteroatoms. The van der Waals surface area contributed by atoms with Gasteiger partial charge in [0, 0.05) is 12.4 Å². The number of amides is 1. The minimum Gasteiger partial charge on any atom is -0.294 e. The van der Waals surface area contributed by atoms with Crippen LogP contribution in [-0.2, 0) is 4.79 Å². The Morgan fingerprint density at radius 2 is 2.24 bits per heavy atom. The molecular formula is C9H10N6OS. The van der Waals surface area contributed by atoms with Gasteiger partial charge in [-0.15, -0.1) is 5.10 Å². The first-order valence-electron chi connectivity index (χ1n) is 4.83. The highest BCUT2D eigenvalue weighted by Gasteiger charge is 2.07. The molecule has 0 fully saturated rings. The van der Waals surface area contributed by atoms with E-state index >= 15 is 0 Å². The molecular weight excluding hydrogens is 240 g/mol. The van der Waals surface area contributed by atoms with Crippen LogP contribution in [0.5, 0.6) is 0 Å². The maximum atomic E-state index is 11.5. The van der Waals surface area contributed by atoms with E-state index in [1.54, 1.807) is 25.4 Å². The van der Waals surface area contributed by atoms with Crippen molar-refractivity contribution in [3.63, 3.8) is 0 Å².